The summed E-state index contributed by atoms with van der Waals surface area (Å²) in [7, 11) is 0. The standard InChI is InChI=1S/C8H7F3NS/c9-8(10,11)6-12-3-1-7(5-13)2-4-12/h1-5H,6H2/q+1. The highest BCUT2D eigenvalue weighted by Crippen LogP contribution is 2.13. The molecule has 0 aliphatic carbocycles. The van der Waals surface area contributed by atoms with Crippen molar-refractivity contribution < 1.29 is 17.7 Å². The topological polar surface area (TPSA) is 3.88 Å². The SMILES string of the molecule is FC(F)(F)C[n+]1ccc(C=S)cc1. The summed E-state index contributed by atoms with van der Waals surface area (Å²) in [6.07, 6.45) is -1.47. The van der Waals surface area contributed by atoms with Gasteiger partial charge in [0.1, 0.15) is 0 Å². The van der Waals surface area contributed by atoms with Crippen molar-refractivity contribution in [1.82, 2.24) is 0 Å². The second kappa shape index (κ2) is 3.83. The summed E-state index contributed by atoms with van der Waals surface area (Å²) in [6, 6.07) is 3.08. The van der Waals surface area contributed by atoms with Gasteiger partial charge in [-0.3, -0.25) is 0 Å². The molecule has 1 aromatic rings. The zero-order valence-corrected chi connectivity index (χ0v) is 7.40. The molecule has 0 aliphatic rings. The van der Waals surface area contributed by atoms with Gasteiger partial charge < -0.3 is 0 Å². The van der Waals surface area contributed by atoms with Gasteiger partial charge in [-0.15, -0.1) is 0 Å². The smallest absolute Gasteiger partial charge is 0.196 e. The lowest BCUT2D eigenvalue weighted by molar-refractivity contribution is -0.719. The Hall–Kier alpha value is -0.970. The van der Waals surface area contributed by atoms with E-state index < -0.39 is 12.7 Å². The normalized spacial score (nSPS) is 11.3. The molecular formula is C8H7F3NS+. The highest BCUT2D eigenvalue weighted by Gasteiger charge is 2.32. The first-order valence-electron chi connectivity index (χ1n) is 3.52. The zero-order chi connectivity index (χ0) is 9.90. The van der Waals surface area contributed by atoms with Crippen LogP contribution in [0.1, 0.15) is 5.56 Å². The van der Waals surface area contributed by atoms with Crippen LogP contribution in [0.4, 0.5) is 13.2 Å². The molecule has 0 N–H and O–H groups in total. The number of thiocarbonyl (C=S) groups is 1. The lowest BCUT2D eigenvalue weighted by Gasteiger charge is -2.01. The molecule has 13 heavy (non-hydrogen) atoms. The van der Waals surface area contributed by atoms with Crippen LogP contribution >= 0.6 is 12.2 Å². The van der Waals surface area contributed by atoms with E-state index >= 15 is 0 Å². The molecule has 1 aromatic heterocycles. The van der Waals surface area contributed by atoms with Gasteiger partial charge in [-0.05, 0) is 5.56 Å². The summed E-state index contributed by atoms with van der Waals surface area (Å²) in [5.41, 5.74) is 0.730. The van der Waals surface area contributed by atoms with Crippen LogP contribution in [0.2, 0.25) is 0 Å². The number of pyridine rings is 1. The molecule has 0 saturated carbocycles. The highest BCUT2D eigenvalue weighted by atomic mass is 32.1. The van der Waals surface area contributed by atoms with Crippen LogP contribution in [0, 0.1) is 0 Å². The van der Waals surface area contributed by atoms with Crippen LogP contribution < -0.4 is 4.57 Å². The average molecular weight is 206 g/mol. The molecule has 1 nitrogen and oxygen atoms in total. The Morgan fingerprint density at radius 3 is 2.23 bits per heavy atom. The van der Waals surface area contributed by atoms with E-state index in [-0.39, 0.29) is 0 Å². The van der Waals surface area contributed by atoms with Gasteiger partial charge >= 0.3 is 6.18 Å². The fourth-order valence-electron chi connectivity index (χ4n) is 0.860. The predicted octanol–water partition coefficient (Wildman–Crippen LogP) is 1.88. The number of rotatable bonds is 2. The number of nitrogens with zero attached hydrogens (tertiary/aromatic N) is 1. The molecule has 70 valence electrons. The van der Waals surface area contributed by atoms with E-state index in [0.717, 1.165) is 10.1 Å². The second-order valence-electron chi connectivity index (χ2n) is 2.54. The molecule has 0 aliphatic heterocycles. The Morgan fingerprint density at radius 1 is 1.31 bits per heavy atom. The van der Waals surface area contributed by atoms with E-state index in [9.17, 15) is 13.2 Å². The van der Waals surface area contributed by atoms with E-state index in [4.69, 9.17) is 0 Å². The molecule has 0 fully saturated rings. The van der Waals surface area contributed by atoms with Crippen LogP contribution in [0.3, 0.4) is 0 Å². The molecule has 1 rings (SSSR count). The van der Waals surface area contributed by atoms with Crippen molar-refractivity contribution in [3.05, 3.63) is 30.1 Å². The van der Waals surface area contributed by atoms with E-state index in [1.165, 1.54) is 17.8 Å². The van der Waals surface area contributed by atoms with Crippen molar-refractivity contribution in [1.29, 1.82) is 0 Å². The van der Waals surface area contributed by atoms with E-state index in [1.807, 2.05) is 0 Å². The summed E-state index contributed by atoms with van der Waals surface area (Å²) >= 11 is 4.62. The molecule has 1 heterocycles. The van der Waals surface area contributed by atoms with Crippen molar-refractivity contribution in [2.75, 3.05) is 0 Å². The van der Waals surface area contributed by atoms with Gasteiger partial charge in [-0.1, -0.05) is 12.2 Å². The first kappa shape index (κ1) is 10.1. The van der Waals surface area contributed by atoms with Crippen molar-refractivity contribution in [3.63, 3.8) is 0 Å². The lowest BCUT2D eigenvalue weighted by Crippen LogP contribution is -2.40. The van der Waals surface area contributed by atoms with Gasteiger partial charge in [0, 0.05) is 17.5 Å². The van der Waals surface area contributed by atoms with Gasteiger partial charge in [0.25, 0.3) is 0 Å². The van der Waals surface area contributed by atoms with Crippen LogP contribution in [0.5, 0.6) is 0 Å². The molecule has 5 heteroatoms. The Labute approximate surface area is 78.8 Å². The quantitative estimate of drug-likeness (QED) is 0.528. The molecule has 0 spiro atoms. The van der Waals surface area contributed by atoms with Crippen molar-refractivity contribution in [2.24, 2.45) is 0 Å². The van der Waals surface area contributed by atoms with Gasteiger partial charge in [0.2, 0.25) is 6.54 Å². The van der Waals surface area contributed by atoms with Gasteiger partial charge in [0.15, 0.2) is 12.4 Å². The molecule has 0 amide bonds. The van der Waals surface area contributed by atoms with Crippen LogP contribution in [-0.4, -0.2) is 11.5 Å². The Balaban J connectivity index is 2.75. The number of alkyl halides is 3. The summed E-state index contributed by atoms with van der Waals surface area (Å²) < 4.78 is 36.7. The minimum absolute atomic E-state index is 0.730. The molecule has 0 aromatic carbocycles. The maximum Gasteiger partial charge on any atom is 0.448 e. The summed E-state index contributed by atoms with van der Waals surface area (Å²) in [5.74, 6) is 0. The summed E-state index contributed by atoms with van der Waals surface area (Å²) in [4.78, 5) is 0. The highest BCUT2D eigenvalue weighted by molar-refractivity contribution is 7.79. The number of aromatic nitrogens is 1. The predicted molar refractivity (Wildman–Crippen MR) is 45.4 cm³/mol. The molecule has 0 saturated heterocycles. The van der Waals surface area contributed by atoms with Gasteiger partial charge in [-0.25, -0.2) is 0 Å². The third-order valence-electron chi connectivity index (χ3n) is 1.41. The Morgan fingerprint density at radius 2 is 1.85 bits per heavy atom. The van der Waals surface area contributed by atoms with Gasteiger partial charge in [0.05, 0.1) is 0 Å². The van der Waals surface area contributed by atoms with E-state index in [1.54, 1.807) is 12.1 Å². The molecule has 0 bridgehead atoms. The molecule has 0 unspecified atom stereocenters. The number of hydrogen-bond donors (Lipinski definition) is 0. The van der Waals surface area contributed by atoms with Crippen molar-refractivity contribution in [2.45, 2.75) is 12.7 Å². The number of hydrogen-bond acceptors (Lipinski definition) is 1. The third-order valence-corrected chi connectivity index (χ3v) is 1.69. The second-order valence-corrected chi connectivity index (χ2v) is 2.77. The van der Waals surface area contributed by atoms with Crippen molar-refractivity contribution >= 4 is 17.6 Å². The summed E-state index contributed by atoms with van der Waals surface area (Å²) in [5, 5.41) is 1.41. The first-order valence-corrected chi connectivity index (χ1v) is 3.99. The third kappa shape index (κ3) is 3.50. The van der Waals surface area contributed by atoms with Crippen LogP contribution in [-0.2, 0) is 6.54 Å². The maximum atomic E-state index is 11.9. The molecular weight excluding hydrogens is 199 g/mol. The summed E-state index contributed by atoms with van der Waals surface area (Å²) in [6.45, 7) is -0.968. The Bertz CT molecular complexity index is 291. The number of halogens is 3. The van der Waals surface area contributed by atoms with E-state index in [0.29, 0.717) is 0 Å². The van der Waals surface area contributed by atoms with Gasteiger partial charge in [-0.2, -0.15) is 17.7 Å². The zero-order valence-electron chi connectivity index (χ0n) is 6.58. The fraction of sp³-hybridized carbons (Fsp3) is 0.250. The van der Waals surface area contributed by atoms with E-state index in [2.05, 4.69) is 12.2 Å². The Kier molecular flexibility index (Phi) is 2.98. The van der Waals surface area contributed by atoms with Crippen LogP contribution in [0.25, 0.3) is 0 Å². The van der Waals surface area contributed by atoms with Crippen LogP contribution in [0.15, 0.2) is 24.5 Å². The molecule has 0 atom stereocenters. The largest absolute Gasteiger partial charge is 0.448 e. The minimum atomic E-state index is -4.18. The molecule has 0 radical (unpaired) electrons. The minimum Gasteiger partial charge on any atom is -0.196 e. The first-order chi connectivity index (χ1) is 6.01. The maximum absolute atomic E-state index is 11.9. The lowest BCUT2D eigenvalue weighted by atomic mass is 10.3. The fourth-order valence-corrected chi connectivity index (χ4v) is 1.02. The monoisotopic (exact) mass is 206 g/mol. The van der Waals surface area contributed by atoms with Crippen molar-refractivity contribution in [3.8, 4) is 0 Å². The average Bonchev–Trinajstić information content (AvgIpc) is 2.03.